The van der Waals surface area contributed by atoms with Gasteiger partial charge in [0, 0.05) is 28.7 Å². The van der Waals surface area contributed by atoms with Crippen molar-refractivity contribution in [2.24, 2.45) is 0 Å². The Kier molecular flexibility index (Phi) is 5.00. The highest BCUT2D eigenvalue weighted by Gasteiger charge is 2.13. The molecule has 21 heavy (non-hydrogen) atoms. The molecule has 0 bridgehead atoms. The summed E-state index contributed by atoms with van der Waals surface area (Å²) in [5.74, 6) is -0.124. The zero-order chi connectivity index (χ0) is 15.4. The molecule has 2 rings (SSSR count). The van der Waals surface area contributed by atoms with Crippen molar-refractivity contribution < 1.29 is 4.79 Å². The summed E-state index contributed by atoms with van der Waals surface area (Å²) < 4.78 is 0.762. The van der Waals surface area contributed by atoms with Crippen molar-refractivity contribution in [1.29, 1.82) is 5.26 Å². The summed E-state index contributed by atoms with van der Waals surface area (Å²) in [4.78, 5) is 14.0. The second-order valence-electron chi connectivity index (χ2n) is 4.63. The van der Waals surface area contributed by atoms with Crippen molar-refractivity contribution in [2.45, 2.75) is 6.54 Å². The highest BCUT2D eigenvalue weighted by molar-refractivity contribution is 9.10. The molecule has 1 amide bonds. The van der Waals surface area contributed by atoms with E-state index >= 15 is 0 Å². The molecule has 0 saturated heterocycles. The fraction of sp³-hybridized carbons (Fsp3) is 0.125. The molecule has 0 aromatic heterocycles. The first-order valence-corrected chi connectivity index (χ1v) is 7.37. The molecule has 0 saturated carbocycles. The zero-order valence-electron chi connectivity index (χ0n) is 11.3. The number of nitrogens with zero attached hydrogens (tertiary/aromatic N) is 2. The number of halogens is 2. The van der Waals surface area contributed by atoms with E-state index in [9.17, 15) is 4.79 Å². The Balaban J connectivity index is 2.17. The summed E-state index contributed by atoms with van der Waals surface area (Å²) in [6.07, 6.45) is 0. The van der Waals surface area contributed by atoms with Gasteiger partial charge in [-0.1, -0.05) is 39.7 Å². The van der Waals surface area contributed by atoms with Crippen molar-refractivity contribution in [3.8, 4) is 6.07 Å². The predicted octanol–water partition coefficient (Wildman–Crippen LogP) is 4.25. The largest absolute Gasteiger partial charge is 0.337 e. The number of carbonyl (C=O) groups is 1. The highest BCUT2D eigenvalue weighted by atomic mass is 79.9. The summed E-state index contributed by atoms with van der Waals surface area (Å²) in [5.41, 5.74) is 2.01. The number of carbonyl (C=O) groups excluding carboxylic acids is 1. The Hall–Kier alpha value is -1.83. The van der Waals surface area contributed by atoms with E-state index < -0.39 is 0 Å². The van der Waals surface area contributed by atoms with E-state index in [-0.39, 0.29) is 5.91 Å². The number of hydrogen-bond acceptors (Lipinski definition) is 2. The molecule has 5 heteroatoms. The van der Waals surface area contributed by atoms with Gasteiger partial charge in [-0.15, -0.1) is 0 Å². The second kappa shape index (κ2) is 6.75. The van der Waals surface area contributed by atoms with E-state index in [4.69, 9.17) is 16.9 Å². The predicted molar refractivity (Wildman–Crippen MR) is 86.1 cm³/mol. The molecule has 106 valence electrons. The maximum Gasteiger partial charge on any atom is 0.253 e. The third-order valence-corrected chi connectivity index (χ3v) is 3.61. The van der Waals surface area contributed by atoms with E-state index in [1.165, 1.54) is 0 Å². The Morgan fingerprint density at radius 3 is 2.76 bits per heavy atom. The first-order valence-electron chi connectivity index (χ1n) is 6.20. The van der Waals surface area contributed by atoms with Crippen molar-refractivity contribution in [3.05, 3.63) is 68.7 Å². The molecular weight excluding hydrogens is 352 g/mol. The second-order valence-corrected chi connectivity index (χ2v) is 5.98. The van der Waals surface area contributed by atoms with Crippen molar-refractivity contribution in [2.75, 3.05) is 7.05 Å². The lowest BCUT2D eigenvalue weighted by Crippen LogP contribution is -2.26. The van der Waals surface area contributed by atoms with Crippen LogP contribution in [0.3, 0.4) is 0 Å². The minimum atomic E-state index is -0.124. The molecule has 2 aromatic rings. The summed E-state index contributed by atoms with van der Waals surface area (Å²) in [6, 6.07) is 14.4. The van der Waals surface area contributed by atoms with Gasteiger partial charge in [0.2, 0.25) is 0 Å². The van der Waals surface area contributed by atoms with E-state index in [1.807, 2.05) is 12.1 Å². The van der Waals surface area contributed by atoms with Gasteiger partial charge in [0.05, 0.1) is 11.6 Å². The lowest BCUT2D eigenvalue weighted by molar-refractivity contribution is 0.0785. The van der Waals surface area contributed by atoms with E-state index in [1.54, 1.807) is 42.3 Å². The number of rotatable bonds is 3. The zero-order valence-corrected chi connectivity index (χ0v) is 13.6. The number of nitriles is 1. The standard InChI is InChI=1S/C16H12BrClN2O/c1-20(10-12-4-2-3-11(5-12)9-19)16(21)13-6-14(17)8-15(18)7-13/h2-8H,10H2,1H3. The van der Waals surface area contributed by atoms with E-state index in [0.29, 0.717) is 22.7 Å². The minimum Gasteiger partial charge on any atom is -0.337 e. The fourth-order valence-electron chi connectivity index (χ4n) is 1.98. The molecule has 0 aliphatic heterocycles. The number of amides is 1. The summed E-state index contributed by atoms with van der Waals surface area (Å²) in [5, 5.41) is 9.40. The molecular formula is C16H12BrClN2O. The van der Waals surface area contributed by atoms with E-state index in [0.717, 1.165) is 10.0 Å². The Morgan fingerprint density at radius 2 is 2.10 bits per heavy atom. The normalized spacial score (nSPS) is 10.0. The minimum absolute atomic E-state index is 0.124. The van der Waals surface area contributed by atoms with Crippen LogP contribution < -0.4 is 0 Å². The van der Waals surface area contributed by atoms with Crippen LogP contribution in [0.4, 0.5) is 0 Å². The first-order chi connectivity index (χ1) is 9.99. The molecule has 0 fully saturated rings. The van der Waals surface area contributed by atoms with Crippen molar-refractivity contribution >= 4 is 33.4 Å². The smallest absolute Gasteiger partial charge is 0.253 e. The van der Waals surface area contributed by atoms with Crippen LogP contribution in [0.2, 0.25) is 5.02 Å². The van der Waals surface area contributed by atoms with Crippen LogP contribution >= 0.6 is 27.5 Å². The lowest BCUT2D eigenvalue weighted by Gasteiger charge is -2.18. The van der Waals surface area contributed by atoms with Crippen LogP contribution in [0, 0.1) is 11.3 Å². The number of hydrogen-bond donors (Lipinski definition) is 0. The summed E-state index contributed by atoms with van der Waals surface area (Å²) >= 11 is 9.29. The summed E-state index contributed by atoms with van der Waals surface area (Å²) in [7, 11) is 1.72. The third-order valence-electron chi connectivity index (χ3n) is 2.93. The Bertz CT molecular complexity index is 704. The third kappa shape index (κ3) is 4.07. The molecule has 0 heterocycles. The van der Waals surface area contributed by atoms with Crippen molar-refractivity contribution in [1.82, 2.24) is 4.90 Å². The van der Waals surface area contributed by atoms with Gasteiger partial charge < -0.3 is 4.90 Å². The molecule has 0 atom stereocenters. The monoisotopic (exact) mass is 362 g/mol. The number of benzene rings is 2. The molecule has 0 N–H and O–H groups in total. The van der Waals surface area contributed by atoms with Gasteiger partial charge in [0.25, 0.3) is 5.91 Å². The van der Waals surface area contributed by atoms with Gasteiger partial charge in [0.15, 0.2) is 0 Å². The molecule has 3 nitrogen and oxygen atoms in total. The van der Waals surface area contributed by atoms with Crippen LogP contribution in [0.1, 0.15) is 21.5 Å². The van der Waals surface area contributed by atoms with Gasteiger partial charge in [-0.3, -0.25) is 4.79 Å². The Morgan fingerprint density at radius 1 is 1.33 bits per heavy atom. The van der Waals surface area contributed by atoms with Crippen LogP contribution in [0.15, 0.2) is 46.9 Å². The maximum atomic E-state index is 12.4. The molecule has 0 spiro atoms. The van der Waals surface area contributed by atoms with Crippen LogP contribution in [0.5, 0.6) is 0 Å². The van der Waals surface area contributed by atoms with Gasteiger partial charge in [0.1, 0.15) is 0 Å². The van der Waals surface area contributed by atoms with Crippen LogP contribution in [0.25, 0.3) is 0 Å². The Labute approximate surface area is 136 Å². The van der Waals surface area contributed by atoms with Crippen LogP contribution in [-0.4, -0.2) is 17.9 Å². The first kappa shape index (κ1) is 15.6. The van der Waals surface area contributed by atoms with Gasteiger partial charge in [-0.2, -0.15) is 5.26 Å². The molecule has 0 radical (unpaired) electrons. The molecule has 0 unspecified atom stereocenters. The summed E-state index contributed by atoms with van der Waals surface area (Å²) in [6.45, 7) is 0.429. The average molecular weight is 364 g/mol. The quantitative estimate of drug-likeness (QED) is 0.818. The van der Waals surface area contributed by atoms with Gasteiger partial charge >= 0.3 is 0 Å². The van der Waals surface area contributed by atoms with Gasteiger partial charge in [-0.25, -0.2) is 0 Å². The average Bonchev–Trinajstić information content (AvgIpc) is 2.45. The maximum absolute atomic E-state index is 12.4. The van der Waals surface area contributed by atoms with Crippen LogP contribution in [-0.2, 0) is 6.54 Å². The van der Waals surface area contributed by atoms with E-state index in [2.05, 4.69) is 22.0 Å². The molecule has 0 aliphatic carbocycles. The van der Waals surface area contributed by atoms with Crippen molar-refractivity contribution in [3.63, 3.8) is 0 Å². The molecule has 2 aromatic carbocycles. The SMILES string of the molecule is CN(Cc1cccc(C#N)c1)C(=O)c1cc(Cl)cc(Br)c1. The lowest BCUT2D eigenvalue weighted by atomic mass is 10.1. The van der Waals surface area contributed by atoms with Gasteiger partial charge in [-0.05, 0) is 35.9 Å². The highest BCUT2D eigenvalue weighted by Crippen LogP contribution is 2.21. The molecule has 0 aliphatic rings. The topological polar surface area (TPSA) is 44.1 Å². The fourth-order valence-corrected chi connectivity index (χ4v) is 2.84.